The van der Waals surface area contributed by atoms with Crippen LogP contribution in [0.4, 0.5) is 0 Å². The summed E-state index contributed by atoms with van der Waals surface area (Å²) in [7, 11) is 0. The fourth-order valence-electron chi connectivity index (χ4n) is 2.13. The fraction of sp³-hybridized carbons (Fsp3) is 0.133. The van der Waals surface area contributed by atoms with Crippen LogP contribution in [0.3, 0.4) is 0 Å². The molecule has 0 spiro atoms. The lowest BCUT2D eigenvalue weighted by Crippen LogP contribution is -1.94. The van der Waals surface area contributed by atoms with Gasteiger partial charge in [-0.3, -0.25) is 0 Å². The van der Waals surface area contributed by atoms with Crippen molar-refractivity contribution in [1.82, 2.24) is 15.2 Å². The van der Waals surface area contributed by atoms with Crippen molar-refractivity contribution in [2.45, 2.75) is 12.1 Å². The highest BCUT2D eigenvalue weighted by atomic mass is 32.2. The van der Waals surface area contributed by atoms with Crippen LogP contribution in [-0.4, -0.2) is 21.4 Å². The Morgan fingerprint density at radius 1 is 1.05 bits per heavy atom. The van der Waals surface area contributed by atoms with Crippen molar-refractivity contribution in [1.29, 1.82) is 0 Å². The summed E-state index contributed by atoms with van der Waals surface area (Å²) >= 11 is 1.50. The van der Waals surface area contributed by atoms with Gasteiger partial charge in [-0.1, -0.05) is 42.1 Å². The highest BCUT2D eigenvalue weighted by molar-refractivity contribution is 7.98. The molecule has 3 nitrogen and oxygen atoms in total. The van der Waals surface area contributed by atoms with Crippen molar-refractivity contribution >= 4 is 22.5 Å². The van der Waals surface area contributed by atoms with Gasteiger partial charge in [-0.25, -0.2) is 4.98 Å². The normalized spacial score (nSPS) is 10.8. The summed E-state index contributed by atoms with van der Waals surface area (Å²) in [5.74, 6) is 0. The van der Waals surface area contributed by atoms with Gasteiger partial charge in [0.2, 0.25) is 5.16 Å². The van der Waals surface area contributed by atoms with Gasteiger partial charge >= 0.3 is 0 Å². The average Bonchev–Trinajstić information content (AvgIpc) is 2.46. The summed E-state index contributed by atoms with van der Waals surface area (Å²) < 4.78 is 0. The monoisotopic (exact) mass is 267 g/mol. The number of aryl methyl sites for hydroxylation is 1. The zero-order valence-corrected chi connectivity index (χ0v) is 11.6. The van der Waals surface area contributed by atoms with Gasteiger partial charge < -0.3 is 0 Å². The highest BCUT2D eigenvalue weighted by Gasteiger charge is 2.07. The minimum Gasteiger partial charge on any atom is -0.219 e. The first-order chi connectivity index (χ1) is 9.28. The molecule has 0 amide bonds. The molecule has 1 heterocycles. The minimum atomic E-state index is 0.699. The number of fused-ring (bicyclic) bond motifs is 1. The Labute approximate surface area is 116 Å². The Bertz CT molecular complexity index is 740. The molecule has 0 saturated carbocycles. The number of hydrogen-bond acceptors (Lipinski definition) is 4. The maximum Gasteiger partial charge on any atom is 0.209 e. The van der Waals surface area contributed by atoms with E-state index in [2.05, 4.69) is 52.4 Å². The lowest BCUT2D eigenvalue weighted by atomic mass is 10.00. The standard InChI is InChI=1S/C15H13N3S/c1-10-7-11-5-3-4-6-12(11)8-13(10)14-9-16-18-15(17-14)19-2/h3-9H,1-2H3. The van der Waals surface area contributed by atoms with Crippen molar-refractivity contribution in [2.24, 2.45) is 0 Å². The highest BCUT2D eigenvalue weighted by Crippen LogP contribution is 2.27. The third-order valence-corrected chi connectivity index (χ3v) is 3.63. The average molecular weight is 267 g/mol. The molecule has 0 bridgehead atoms. The van der Waals surface area contributed by atoms with Gasteiger partial charge in [-0.15, -0.1) is 5.10 Å². The maximum absolute atomic E-state index is 4.52. The molecule has 4 heteroatoms. The van der Waals surface area contributed by atoms with Gasteiger partial charge in [0.25, 0.3) is 0 Å². The van der Waals surface area contributed by atoms with Crippen molar-refractivity contribution in [3.05, 3.63) is 48.2 Å². The number of nitrogens with zero attached hydrogens (tertiary/aromatic N) is 3. The summed E-state index contributed by atoms with van der Waals surface area (Å²) in [6, 6.07) is 12.7. The van der Waals surface area contributed by atoms with Gasteiger partial charge in [-0.2, -0.15) is 5.10 Å². The molecule has 0 aliphatic carbocycles. The van der Waals surface area contributed by atoms with Crippen molar-refractivity contribution in [2.75, 3.05) is 6.26 Å². The Morgan fingerprint density at radius 2 is 1.79 bits per heavy atom. The zero-order chi connectivity index (χ0) is 13.2. The van der Waals surface area contributed by atoms with E-state index in [0.29, 0.717) is 5.16 Å². The molecule has 2 aromatic carbocycles. The molecule has 1 aromatic heterocycles. The van der Waals surface area contributed by atoms with Crippen LogP contribution in [0, 0.1) is 6.92 Å². The lowest BCUT2D eigenvalue weighted by molar-refractivity contribution is 0.845. The Hall–Kier alpha value is -1.94. The molecule has 0 aliphatic rings. The van der Waals surface area contributed by atoms with Crippen molar-refractivity contribution in [3.63, 3.8) is 0 Å². The SMILES string of the molecule is CSc1nncc(-c2cc3ccccc3cc2C)n1. The van der Waals surface area contributed by atoms with Gasteiger partial charge in [0.1, 0.15) is 0 Å². The first kappa shape index (κ1) is 12.1. The second kappa shape index (κ2) is 4.97. The van der Waals surface area contributed by atoms with Crippen molar-refractivity contribution in [3.8, 4) is 11.3 Å². The third-order valence-electron chi connectivity index (χ3n) is 3.09. The summed E-state index contributed by atoms with van der Waals surface area (Å²) in [4.78, 5) is 4.52. The van der Waals surface area contributed by atoms with Crippen LogP contribution in [0.5, 0.6) is 0 Å². The second-order valence-corrected chi connectivity index (χ2v) is 5.12. The molecule has 0 N–H and O–H groups in total. The van der Waals surface area contributed by atoms with E-state index in [4.69, 9.17) is 0 Å². The zero-order valence-electron chi connectivity index (χ0n) is 10.8. The van der Waals surface area contributed by atoms with Crippen LogP contribution in [0.15, 0.2) is 47.8 Å². The van der Waals surface area contributed by atoms with E-state index < -0.39 is 0 Å². The predicted molar refractivity (Wildman–Crippen MR) is 79.3 cm³/mol. The molecule has 19 heavy (non-hydrogen) atoms. The van der Waals surface area contributed by atoms with E-state index in [-0.39, 0.29) is 0 Å². The fourth-order valence-corrected chi connectivity index (χ4v) is 2.45. The van der Waals surface area contributed by atoms with E-state index in [9.17, 15) is 0 Å². The third kappa shape index (κ3) is 2.31. The van der Waals surface area contributed by atoms with Crippen LogP contribution in [0.2, 0.25) is 0 Å². The first-order valence-corrected chi connectivity index (χ1v) is 7.24. The number of thioether (sulfide) groups is 1. The summed E-state index contributed by atoms with van der Waals surface area (Å²) in [6.07, 6.45) is 3.67. The molecule has 0 atom stereocenters. The van der Waals surface area contributed by atoms with Crippen molar-refractivity contribution < 1.29 is 0 Å². The van der Waals surface area contributed by atoms with Crippen LogP contribution >= 0.6 is 11.8 Å². The molecular formula is C15H13N3S. The van der Waals surface area contributed by atoms with Crippen LogP contribution in [0.25, 0.3) is 22.0 Å². The topological polar surface area (TPSA) is 38.7 Å². The molecule has 3 rings (SSSR count). The van der Waals surface area contributed by atoms with Gasteiger partial charge in [0, 0.05) is 5.56 Å². The quantitative estimate of drug-likeness (QED) is 0.663. The van der Waals surface area contributed by atoms with E-state index >= 15 is 0 Å². The van der Waals surface area contributed by atoms with Gasteiger partial charge in [0.05, 0.1) is 11.9 Å². The number of benzene rings is 2. The lowest BCUT2D eigenvalue weighted by Gasteiger charge is -2.07. The van der Waals surface area contributed by atoms with Crippen LogP contribution in [-0.2, 0) is 0 Å². The molecule has 3 aromatic rings. The number of aromatic nitrogens is 3. The molecule has 0 saturated heterocycles. The largest absolute Gasteiger partial charge is 0.219 e. The van der Waals surface area contributed by atoms with Gasteiger partial charge in [-0.05, 0) is 35.6 Å². The summed E-state index contributed by atoms with van der Waals surface area (Å²) in [5, 5.41) is 11.2. The molecule has 0 fully saturated rings. The summed E-state index contributed by atoms with van der Waals surface area (Å²) in [5.41, 5.74) is 3.19. The first-order valence-electron chi connectivity index (χ1n) is 6.01. The van der Waals surface area contributed by atoms with Crippen LogP contribution in [0.1, 0.15) is 5.56 Å². The smallest absolute Gasteiger partial charge is 0.209 e. The molecular weight excluding hydrogens is 254 g/mol. The minimum absolute atomic E-state index is 0.699. The molecule has 94 valence electrons. The predicted octanol–water partition coefficient (Wildman–Crippen LogP) is 3.72. The molecule has 0 aliphatic heterocycles. The van der Waals surface area contributed by atoms with E-state index in [1.807, 2.05) is 12.3 Å². The second-order valence-electron chi connectivity index (χ2n) is 4.34. The van der Waals surface area contributed by atoms with Crippen LogP contribution < -0.4 is 0 Å². The molecule has 0 unspecified atom stereocenters. The van der Waals surface area contributed by atoms with Gasteiger partial charge in [0.15, 0.2) is 0 Å². The Kier molecular flexibility index (Phi) is 3.17. The van der Waals surface area contributed by atoms with E-state index in [1.165, 1.54) is 28.1 Å². The number of hydrogen-bond donors (Lipinski definition) is 0. The van der Waals surface area contributed by atoms with E-state index in [1.54, 1.807) is 6.20 Å². The molecule has 0 radical (unpaired) electrons. The van der Waals surface area contributed by atoms with E-state index in [0.717, 1.165) is 11.3 Å². The Morgan fingerprint density at radius 3 is 2.53 bits per heavy atom. The number of rotatable bonds is 2. The maximum atomic E-state index is 4.52. The summed E-state index contributed by atoms with van der Waals surface area (Å²) in [6.45, 7) is 2.10. The Balaban J connectivity index is 2.20.